The molecule has 0 fully saturated rings. The van der Waals surface area contributed by atoms with Crippen LogP contribution in [0.5, 0.6) is 0 Å². The summed E-state index contributed by atoms with van der Waals surface area (Å²) < 4.78 is 38.9. The lowest BCUT2D eigenvalue weighted by atomic mass is 9.99. The number of hydrogen-bond acceptors (Lipinski definition) is 2. The summed E-state index contributed by atoms with van der Waals surface area (Å²) in [6, 6.07) is 4.18. The predicted octanol–water partition coefficient (Wildman–Crippen LogP) is 3.84. The monoisotopic (exact) mass is 295 g/mol. The van der Waals surface area contributed by atoms with E-state index in [4.69, 9.17) is 11.6 Å². The average Bonchev–Trinajstić information content (AvgIpc) is 2.34. The third-order valence-electron chi connectivity index (χ3n) is 2.72. The quantitative estimate of drug-likeness (QED) is 0.809. The van der Waals surface area contributed by atoms with Crippen molar-refractivity contribution >= 4 is 17.3 Å². The first-order valence-corrected chi connectivity index (χ1v) is 6.48. The van der Waals surface area contributed by atoms with Crippen LogP contribution in [0.2, 0.25) is 0 Å². The van der Waals surface area contributed by atoms with Crippen LogP contribution in [-0.2, 0) is 6.18 Å². The van der Waals surface area contributed by atoms with Crippen LogP contribution in [0, 0.1) is 0 Å². The molecule has 19 heavy (non-hydrogen) atoms. The van der Waals surface area contributed by atoms with Gasteiger partial charge in [0.1, 0.15) is 0 Å². The summed E-state index contributed by atoms with van der Waals surface area (Å²) in [5.41, 5.74) is -0.141. The highest BCUT2D eigenvalue weighted by atomic mass is 35.5. The van der Waals surface area contributed by atoms with E-state index in [-0.39, 0.29) is 24.0 Å². The minimum absolute atomic E-state index is 0.0172. The van der Waals surface area contributed by atoms with Gasteiger partial charge in [0.05, 0.1) is 17.5 Å². The first-order chi connectivity index (χ1) is 8.75. The molecule has 6 heteroatoms. The van der Waals surface area contributed by atoms with Crippen LogP contribution < -0.4 is 5.32 Å². The van der Waals surface area contributed by atoms with Crippen LogP contribution in [0.4, 0.5) is 18.9 Å². The molecule has 108 valence electrons. The molecular formula is C13H17ClF3NO. The predicted molar refractivity (Wildman–Crippen MR) is 70.7 cm³/mol. The van der Waals surface area contributed by atoms with Crippen LogP contribution >= 0.6 is 11.6 Å². The van der Waals surface area contributed by atoms with E-state index in [9.17, 15) is 18.3 Å². The maximum absolute atomic E-state index is 13.0. The first-order valence-electron chi connectivity index (χ1n) is 5.94. The number of hydrogen-bond donors (Lipinski definition) is 2. The number of alkyl halides is 4. The molecule has 0 bridgehead atoms. The van der Waals surface area contributed by atoms with Gasteiger partial charge in [-0.3, -0.25) is 0 Å². The Morgan fingerprint density at radius 2 is 1.95 bits per heavy atom. The highest BCUT2D eigenvalue weighted by Crippen LogP contribution is 2.36. The molecule has 0 heterocycles. The molecule has 0 radical (unpaired) electrons. The van der Waals surface area contributed by atoms with Crippen molar-refractivity contribution in [3.8, 4) is 0 Å². The number of halogens is 4. The van der Waals surface area contributed by atoms with Gasteiger partial charge in [0.25, 0.3) is 0 Å². The van der Waals surface area contributed by atoms with Crippen LogP contribution in [0.25, 0.3) is 0 Å². The maximum atomic E-state index is 13.0. The summed E-state index contributed by atoms with van der Waals surface area (Å²) in [7, 11) is 0. The highest BCUT2D eigenvalue weighted by molar-refractivity contribution is 6.18. The van der Waals surface area contributed by atoms with Crippen molar-refractivity contribution in [3.63, 3.8) is 0 Å². The molecule has 0 aliphatic rings. The Morgan fingerprint density at radius 1 is 1.32 bits per heavy atom. The zero-order chi connectivity index (χ0) is 14.6. The van der Waals surface area contributed by atoms with E-state index in [1.807, 2.05) is 13.8 Å². The average molecular weight is 296 g/mol. The molecule has 0 aliphatic heterocycles. The molecule has 1 rings (SSSR count). The van der Waals surface area contributed by atoms with Gasteiger partial charge in [0.2, 0.25) is 0 Å². The Hall–Kier alpha value is -0.940. The molecule has 2 N–H and O–H groups in total. The van der Waals surface area contributed by atoms with E-state index < -0.39 is 17.8 Å². The van der Waals surface area contributed by atoms with Gasteiger partial charge in [-0.05, 0) is 23.6 Å². The molecule has 0 aromatic heterocycles. The fraction of sp³-hybridized carbons (Fsp3) is 0.538. The highest BCUT2D eigenvalue weighted by Gasteiger charge is 2.34. The van der Waals surface area contributed by atoms with Crippen LogP contribution in [-0.4, -0.2) is 23.6 Å². The van der Waals surface area contributed by atoms with E-state index in [2.05, 4.69) is 5.32 Å². The first kappa shape index (κ1) is 16.1. The van der Waals surface area contributed by atoms with Gasteiger partial charge in [-0.15, -0.1) is 11.6 Å². The standard InChI is InChI=1S/C13H17ClF3NO/c1-8(2)9-3-4-12(18-7-10(19)6-14)11(5-9)13(15,16)17/h3-5,8,10,18-19H,6-7H2,1-2H3. The van der Waals surface area contributed by atoms with Crippen LogP contribution in [0.15, 0.2) is 18.2 Å². The van der Waals surface area contributed by atoms with Crippen molar-refractivity contribution in [1.29, 1.82) is 0 Å². The molecule has 1 aromatic rings. The molecule has 2 nitrogen and oxygen atoms in total. The largest absolute Gasteiger partial charge is 0.418 e. The third kappa shape index (κ3) is 4.58. The van der Waals surface area contributed by atoms with Crippen molar-refractivity contribution in [2.75, 3.05) is 17.7 Å². The minimum atomic E-state index is -4.43. The zero-order valence-corrected chi connectivity index (χ0v) is 11.5. The van der Waals surface area contributed by atoms with Crippen molar-refractivity contribution < 1.29 is 18.3 Å². The number of rotatable bonds is 5. The topological polar surface area (TPSA) is 32.3 Å². The molecule has 0 saturated heterocycles. The number of benzene rings is 1. The molecule has 1 aromatic carbocycles. The Bertz CT molecular complexity index is 421. The second-order valence-electron chi connectivity index (χ2n) is 4.65. The molecular weight excluding hydrogens is 279 g/mol. The molecule has 1 unspecified atom stereocenters. The Balaban J connectivity index is 3.03. The van der Waals surface area contributed by atoms with Crippen LogP contribution in [0.3, 0.4) is 0 Å². The van der Waals surface area contributed by atoms with Crippen molar-refractivity contribution in [2.24, 2.45) is 0 Å². The van der Waals surface area contributed by atoms with Crippen molar-refractivity contribution in [1.82, 2.24) is 0 Å². The number of aliphatic hydroxyl groups is 1. The smallest absolute Gasteiger partial charge is 0.390 e. The van der Waals surface area contributed by atoms with Gasteiger partial charge >= 0.3 is 6.18 Å². The fourth-order valence-corrected chi connectivity index (χ4v) is 1.70. The maximum Gasteiger partial charge on any atom is 0.418 e. The number of nitrogens with one attached hydrogen (secondary N) is 1. The van der Waals surface area contributed by atoms with Crippen molar-refractivity contribution in [2.45, 2.75) is 32.0 Å². The Morgan fingerprint density at radius 3 is 2.42 bits per heavy atom. The molecule has 1 atom stereocenters. The van der Waals surface area contributed by atoms with Crippen LogP contribution in [0.1, 0.15) is 30.9 Å². The fourth-order valence-electron chi connectivity index (χ4n) is 1.59. The summed E-state index contributed by atoms with van der Waals surface area (Å²) in [5, 5.41) is 11.9. The van der Waals surface area contributed by atoms with E-state index >= 15 is 0 Å². The van der Waals surface area contributed by atoms with E-state index in [1.54, 1.807) is 6.07 Å². The Labute approximate surface area is 115 Å². The zero-order valence-electron chi connectivity index (χ0n) is 10.8. The molecule has 0 spiro atoms. The summed E-state index contributed by atoms with van der Waals surface area (Å²) in [6.07, 6.45) is -5.31. The third-order valence-corrected chi connectivity index (χ3v) is 3.08. The van der Waals surface area contributed by atoms with Gasteiger partial charge in [0, 0.05) is 12.2 Å². The minimum Gasteiger partial charge on any atom is -0.390 e. The normalized spacial score (nSPS) is 13.7. The summed E-state index contributed by atoms with van der Waals surface area (Å²) in [6.45, 7) is 3.65. The lowest BCUT2D eigenvalue weighted by molar-refractivity contribution is -0.137. The second kappa shape index (κ2) is 6.48. The summed E-state index contributed by atoms with van der Waals surface area (Å²) in [5.74, 6) is -0.0121. The molecule has 0 amide bonds. The van der Waals surface area contributed by atoms with Gasteiger partial charge in [-0.1, -0.05) is 19.9 Å². The Kier molecular flexibility index (Phi) is 5.50. The van der Waals surface area contributed by atoms with Gasteiger partial charge in [0.15, 0.2) is 0 Å². The summed E-state index contributed by atoms with van der Waals surface area (Å²) >= 11 is 5.40. The number of aliphatic hydroxyl groups excluding tert-OH is 1. The van der Waals surface area contributed by atoms with E-state index in [1.165, 1.54) is 6.07 Å². The van der Waals surface area contributed by atoms with E-state index in [0.717, 1.165) is 6.07 Å². The molecule has 0 saturated carbocycles. The van der Waals surface area contributed by atoms with E-state index in [0.29, 0.717) is 5.56 Å². The lowest BCUT2D eigenvalue weighted by Crippen LogP contribution is -2.22. The van der Waals surface area contributed by atoms with Crippen molar-refractivity contribution in [3.05, 3.63) is 29.3 Å². The van der Waals surface area contributed by atoms with Gasteiger partial charge in [-0.25, -0.2) is 0 Å². The lowest BCUT2D eigenvalue weighted by Gasteiger charge is -2.18. The second-order valence-corrected chi connectivity index (χ2v) is 4.96. The van der Waals surface area contributed by atoms with Gasteiger partial charge < -0.3 is 10.4 Å². The molecule has 0 aliphatic carbocycles. The summed E-state index contributed by atoms with van der Waals surface area (Å²) in [4.78, 5) is 0. The van der Waals surface area contributed by atoms with Gasteiger partial charge in [-0.2, -0.15) is 13.2 Å². The SMILES string of the molecule is CC(C)c1ccc(NCC(O)CCl)c(C(F)(F)F)c1. The number of anilines is 1.